The van der Waals surface area contributed by atoms with Gasteiger partial charge in [0.2, 0.25) is 0 Å². The topological polar surface area (TPSA) is 124 Å². The molecule has 10 heteroatoms. The molecule has 1 aliphatic rings. The highest BCUT2D eigenvalue weighted by molar-refractivity contribution is 5.91. The van der Waals surface area contributed by atoms with Crippen molar-refractivity contribution in [2.45, 2.75) is 45.8 Å². The lowest BCUT2D eigenvalue weighted by atomic mass is 10.0. The summed E-state index contributed by atoms with van der Waals surface area (Å²) >= 11 is 0. The number of hydrogen-bond acceptors (Lipinski definition) is 8. The van der Waals surface area contributed by atoms with Gasteiger partial charge in [-0.05, 0) is 62.6 Å². The molecule has 0 aliphatic carbocycles. The minimum atomic E-state index is -1.12. The molecular formula is C22H29ClN6O3. The van der Waals surface area contributed by atoms with E-state index in [1.807, 2.05) is 23.6 Å². The summed E-state index contributed by atoms with van der Waals surface area (Å²) in [6.45, 7) is 8.55. The number of fused-ring (bicyclic) bond motifs is 1. The second-order valence-corrected chi connectivity index (χ2v) is 8.32. The standard InChI is InChI=1S/C22H28N6O3.ClH/c1-4-28-19-16(30-13-14-6-5-11-24-12-14)8-7-15(9-10-22(2,3)29)17(19)25-21(28)18-20(23)27-31-26-18;/h7-8,14,24,29H,4-6,11-13H2,1-3H3,(H2,23,27);1H/t14-;/m0./s1. The van der Waals surface area contributed by atoms with Crippen molar-refractivity contribution >= 4 is 29.3 Å². The van der Waals surface area contributed by atoms with Gasteiger partial charge in [0.15, 0.2) is 17.3 Å². The van der Waals surface area contributed by atoms with Crippen molar-refractivity contribution in [1.82, 2.24) is 25.2 Å². The fourth-order valence-corrected chi connectivity index (χ4v) is 3.76. The van der Waals surface area contributed by atoms with E-state index in [9.17, 15) is 5.11 Å². The normalized spacial score (nSPS) is 16.3. The smallest absolute Gasteiger partial charge is 0.199 e. The molecule has 1 aliphatic heterocycles. The number of nitrogens with zero attached hydrogens (tertiary/aromatic N) is 4. The first-order valence-electron chi connectivity index (χ1n) is 10.6. The van der Waals surface area contributed by atoms with Gasteiger partial charge in [0.05, 0.1) is 12.2 Å². The van der Waals surface area contributed by atoms with E-state index in [4.69, 9.17) is 20.1 Å². The Kier molecular flexibility index (Phi) is 7.29. The fraction of sp³-hybridized carbons (Fsp3) is 0.500. The Hall–Kier alpha value is -2.80. The molecule has 3 aromatic rings. The molecule has 3 heterocycles. The van der Waals surface area contributed by atoms with Gasteiger partial charge in [0.25, 0.3) is 0 Å². The SMILES string of the molecule is CCn1c(-c2nonc2N)nc2c(C#CC(C)(C)O)ccc(OC[C@H]3CCCNC3)c21.Cl. The summed E-state index contributed by atoms with van der Waals surface area (Å²) in [6.07, 6.45) is 2.30. The number of anilines is 1. The monoisotopic (exact) mass is 460 g/mol. The molecule has 1 fully saturated rings. The quantitative estimate of drug-likeness (QED) is 0.496. The van der Waals surface area contributed by atoms with Crippen molar-refractivity contribution in [2.24, 2.45) is 5.92 Å². The van der Waals surface area contributed by atoms with Gasteiger partial charge in [0, 0.05) is 19.0 Å². The number of piperidine rings is 1. The summed E-state index contributed by atoms with van der Waals surface area (Å²) in [7, 11) is 0. The molecule has 0 spiro atoms. The van der Waals surface area contributed by atoms with Gasteiger partial charge in [-0.3, -0.25) is 0 Å². The lowest BCUT2D eigenvalue weighted by Gasteiger charge is -2.23. The third-order valence-corrected chi connectivity index (χ3v) is 5.28. The van der Waals surface area contributed by atoms with E-state index in [-0.39, 0.29) is 18.2 Å². The first kappa shape index (κ1) is 23.9. The van der Waals surface area contributed by atoms with Crippen molar-refractivity contribution in [2.75, 3.05) is 25.4 Å². The Morgan fingerprint density at radius 3 is 2.81 bits per heavy atom. The highest BCUT2D eigenvalue weighted by atomic mass is 35.5. The van der Waals surface area contributed by atoms with Gasteiger partial charge in [-0.2, -0.15) is 0 Å². The van der Waals surface area contributed by atoms with E-state index in [1.54, 1.807) is 13.8 Å². The van der Waals surface area contributed by atoms with Crippen LogP contribution < -0.4 is 15.8 Å². The molecule has 0 saturated carbocycles. The number of ether oxygens (including phenoxy) is 1. The number of nitrogens with two attached hydrogens (primary N) is 1. The van der Waals surface area contributed by atoms with Crippen LogP contribution in [0.15, 0.2) is 16.8 Å². The highest BCUT2D eigenvalue weighted by Gasteiger charge is 2.23. The number of benzene rings is 1. The summed E-state index contributed by atoms with van der Waals surface area (Å²) in [6, 6.07) is 3.78. The zero-order valence-corrected chi connectivity index (χ0v) is 19.3. The molecule has 1 atom stereocenters. The van der Waals surface area contributed by atoms with Gasteiger partial charge < -0.3 is 25.5 Å². The van der Waals surface area contributed by atoms with Crippen LogP contribution >= 0.6 is 12.4 Å². The number of nitrogens with one attached hydrogen (secondary N) is 1. The number of aliphatic hydroxyl groups is 1. The first-order valence-corrected chi connectivity index (χ1v) is 10.6. The third-order valence-electron chi connectivity index (χ3n) is 5.28. The predicted molar refractivity (Wildman–Crippen MR) is 125 cm³/mol. The Morgan fingerprint density at radius 2 is 2.19 bits per heavy atom. The summed E-state index contributed by atoms with van der Waals surface area (Å²) in [5, 5.41) is 21.1. The van der Waals surface area contributed by atoms with Gasteiger partial charge in [-0.15, -0.1) is 12.4 Å². The zero-order chi connectivity index (χ0) is 22.0. The second-order valence-electron chi connectivity index (χ2n) is 8.32. The molecule has 4 N–H and O–H groups in total. The molecular weight excluding hydrogens is 432 g/mol. The van der Waals surface area contributed by atoms with Crippen LogP contribution in [0, 0.1) is 17.8 Å². The largest absolute Gasteiger partial charge is 0.491 e. The number of hydrogen-bond donors (Lipinski definition) is 3. The Labute approximate surface area is 193 Å². The van der Waals surface area contributed by atoms with Crippen molar-refractivity contribution in [3.05, 3.63) is 17.7 Å². The lowest BCUT2D eigenvalue weighted by Crippen LogP contribution is -2.33. The van der Waals surface area contributed by atoms with Crippen LogP contribution in [-0.4, -0.2) is 50.3 Å². The van der Waals surface area contributed by atoms with Crippen LogP contribution in [-0.2, 0) is 6.54 Å². The lowest BCUT2D eigenvalue weighted by molar-refractivity contribution is 0.143. The van der Waals surface area contributed by atoms with Gasteiger partial charge >= 0.3 is 0 Å². The predicted octanol–water partition coefficient (Wildman–Crippen LogP) is 2.61. The van der Waals surface area contributed by atoms with Crippen LogP contribution in [0.4, 0.5) is 5.82 Å². The Bertz CT molecular complexity index is 1130. The number of aromatic nitrogens is 4. The number of rotatable bonds is 5. The molecule has 32 heavy (non-hydrogen) atoms. The van der Waals surface area contributed by atoms with E-state index in [1.165, 1.54) is 0 Å². The summed E-state index contributed by atoms with van der Waals surface area (Å²) in [5.41, 5.74) is 7.36. The van der Waals surface area contributed by atoms with E-state index < -0.39 is 5.60 Å². The van der Waals surface area contributed by atoms with Crippen LogP contribution in [0.25, 0.3) is 22.6 Å². The minimum absolute atomic E-state index is 0. The van der Waals surface area contributed by atoms with Crippen molar-refractivity contribution in [1.29, 1.82) is 0 Å². The van der Waals surface area contributed by atoms with Gasteiger partial charge in [-0.1, -0.05) is 11.8 Å². The van der Waals surface area contributed by atoms with Crippen molar-refractivity contribution < 1.29 is 14.5 Å². The van der Waals surface area contributed by atoms with Crippen LogP contribution in [0.2, 0.25) is 0 Å². The Balaban J connectivity index is 0.00000289. The highest BCUT2D eigenvalue weighted by Crippen LogP contribution is 2.34. The summed E-state index contributed by atoms with van der Waals surface area (Å²) < 4.78 is 13.1. The average Bonchev–Trinajstić information content (AvgIpc) is 3.34. The molecule has 172 valence electrons. The first-order chi connectivity index (χ1) is 14.9. The molecule has 0 amide bonds. The molecule has 1 aromatic carbocycles. The van der Waals surface area contributed by atoms with Crippen molar-refractivity contribution in [3.63, 3.8) is 0 Å². The van der Waals surface area contributed by atoms with Crippen LogP contribution in [0.3, 0.4) is 0 Å². The number of halogens is 1. The van der Waals surface area contributed by atoms with E-state index >= 15 is 0 Å². The van der Waals surface area contributed by atoms with Gasteiger partial charge in [-0.25, -0.2) is 9.61 Å². The van der Waals surface area contributed by atoms with Crippen LogP contribution in [0.1, 0.15) is 39.2 Å². The van der Waals surface area contributed by atoms with Crippen molar-refractivity contribution in [3.8, 4) is 29.1 Å². The Morgan fingerprint density at radius 1 is 1.38 bits per heavy atom. The maximum absolute atomic E-state index is 10.0. The molecule has 0 unspecified atom stereocenters. The van der Waals surface area contributed by atoms with E-state index in [0.717, 1.165) is 37.2 Å². The summed E-state index contributed by atoms with van der Waals surface area (Å²) in [4.78, 5) is 4.79. The fourth-order valence-electron chi connectivity index (χ4n) is 3.76. The number of aryl methyl sites for hydroxylation is 1. The average molecular weight is 461 g/mol. The maximum atomic E-state index is 10.0. The molecule has 9 nitrogen and oxygen atoms in total. The molecule has 1 saturated heterocycles. The van der Waals surface area contributed by atoms with E-state index in [0.29, 0.717) is 41.7 Å². The number of nitrogen functional groups attached to an aromatic ring is 1. The second kappa shape index (κ2) is 9.77. The van der Waals surface area contributed by atoms with E-state index in [2.05, 4.69) is 27.5 Å². The third kappa shape index (κ3) is 4.99. The maximum Gasteiger partial charge on any atom is 0.199 e. The minimum Gasteiger partial charge on any atom is -0.491 e. The summed E-state index contributed by atoms with van der Waals surface area (Å²) in [5.74, 6) is 7.82. The molecule has 2 aromatic heterocycles. The van der Waals surface area contributed by atoms with Crippen LogP contribution in [0.5, 0.6) is 5.75 Å². The zero-order valence-electron chi connectivity index (χ0n) is 18.5. The van der Waals surface area contributed by atoms with Gasteiger partial charge in [0.1, 0.15) is 22.4 Å². The molecule has 0 bridgehead atoms. The molecule has 0 radical (unpaired) electrons. The molecule has 4 rings (SSSR count). The number of imidazole rings is 1.